The van der Waals surface area contributed by atoms with Crippen LogP contribution in [0.1, 0.15) is 34.1 Å². The maximum atomic E-state index is 12.1. The van der Waals surface area contributed by atoms with Crippen LogP contribution in [-0.4, -0.2) is 31.6 Å². The van der Waals surface area contributed by atoms with E-state index in [0.29, 0.717) is 31.8 Å². The summed E-state index contributed by atoms with van der Waals surface area (Å²) in [5.74, 6) is -0.781. The molecule has 1 fully saturated rings. The summed E-state index contributed by atoms with van der Waals surface area (Å²) in [5.41, 5.74) is 1.68. The maximum absolute atomic E-state index is 12.1. The molecule has 1 aromatic rings. The van der Waals surface area contributed by atoms with Crippen molar-refractivity contribution in [3.63, 3.8) is 0 Å². The van der Waals surface area contributed by atoms with E-state index in [1.807, 2.05) is 6.92 Å². The molecule has 0 atom stereocenters. The Labute approximate surface area is 124 Å². The van der Waals surface area contributed by atoms with Crippen molar-refractivity contribution in [3.05, 3.63) is 19.8 Å². The van der Waals surface area contributed by atoms with E-state index in [-0.39, 0.29) is 5.97 Å². The van der Waals surface area contributed by atoms with Crippen LogP contribution in [0.2, 0.25) is 0 Å². The molecule has 1 saturated heterocycles. The molecule has 104 valence electrons. The molecule has 2 aliphatic rings. The number of fused-ring (bicyclic) bond motifs is 1. The Morgan fingerprint density at radius 1 is 1.47 bits per heavy atom. The highest BCUT2D eigenvalue weighted by atomic mass is 79.9. The molecule has 1 aliphatic carbocycles. The summed E-state index contributed by atoms with van der Waals surface area (Å²) in [7, 11) is 0. The van der Waals surface area contributed by atoms with Gasteiger partial charge in [0.25, 0.3) is 0 Å². The number of carbonyl (C=O) groups excluding carboxylic acids is 1. The van der Waals surface area contributed by atoms with Gasteiger partial charge in [0, 0.05) is 17.7 Å². The normalized spacial score (nSPS) is 20.5. The molecule has 1 aliphatic heterocycles. The van der Waals surface area contributed by atoms with E-state index in [1.54, 1.807) is 11.3 Å². The summed E-state index contributed by atoms with van der Waals surface area (Å²) >= 11 is 5.10. The van der Waals surface area contributed by atoms with Crippen molar-refractivity contribution in [3.8, 4) is 0 Å². The van der Waals surface area contributed by atoms with Gasteiger partial charge in [-0.15, -0.1) is 11.3 Å². The first-order valence-electron chi connectivity index (χ1n) is 6.40. The fraction of sp³-hybridized carbons (Fsp3) is 0.615. The molecule has 3 rings (SSSR count). The minimum absolute atomic E-state index is 0.262. The van der Waals surface area contributed by atoms with Gasteiger partial charge in [-0.05, 0) is 34.8 Å². The van der Waals surface area contributed by atoms with E-state index >= 15 is 0 Å². The highest BCUT2D eigenvalue weighted by Crippen LogP contribution is 2.43. The average molecular weight is 347 g/mol. The van der Waals surface area contributed by atoms with E-state index in [2.05, 4.69) is 15.9 Å². The number of hydrogen-bond donors (Lipinski definition) is 0. The Morgan fingerprint density at radius 3 is 2.89 bits per heavy atom. The SMILES string of the molecule is CCOC(=O)c1c(Br)sc2c1CC1(CC2)OCCO1. The lowest BCUT2D eigenvalue weighted by Crippen LogP contribution is -2.37. The molecule has 1 spiro atoms. The molecule has 0 saturated carbocycles. The van der Waals surface area contributed by atoms with Crippen LogP contribution in [0.5, 0.6) is 0 Å². The van der Waals surface area contributed by atoms with Gasteiger partial charge in [-0.3, -0.25) is 0 Å². The van der Waals surface area contributed by atoms with Crippen molar-refractivity contribution in [1.82, 2.24) is 0 Å². The number of aryl methyl sites for hydroxylation is 1. The van der Waals surface area contributed by atoms with E-state index in [4.69, 9.17) is 14.2 Å². The fourth-order valence-electron chi connectivity index (χ4n) is 2.68. The van der Waals surface area contributed by atoms with Crippen molar-refractivity contribution in [2.75, 3.05) is 19.8 Å². The topological polar surface area (TPSA) is 44.8 Å². The first kappa shape index (κ1) is 13.5. The summed E-state index contributed by atoms with van der Waals surface area (Å²) in [6.45, 7) is 3.47. The molecular weight excluding hydrogens is 332 g/mol. The Hall–Kier alpha value is -0.430. The van der Waals surface area contributed by atoms with Crippen molar-refractivity contribution in [1.29, 1.82) is 0 Å². The number of rotatable bonds is 2. The summed E-state index contributed by atoms with van der Waals surface area (Å²) < 4.78 is 17.5. The molecular formula is C13H15BrO4S. The zero-order valence-electron chi connectivity index (χ0n) is 10.7. The monoisotopic (exact) mass is 346 g/mol. The molecule has 0 bridgehead atoms. The minimum atomic E-state index is -0.519. The Kier molecular flexibility index (Phi) is 3.68. The number of carbonyl (C=O) groups is 1. The predicted octanol–water partition coefficient (Wildman–Crippen LogP) is 2.92. The molecule has 0 unspecified atom stereocenters. The Balaban J connectivity index is 1.95. The molecule has 19 heavy (non-hydrogen) atoms. The van der Waals surface area contributed by atoms with Crippen LogP contribution in [0.3, 0.4) is 0 Å². The third-order valence-corrected chi connectivity index (χ3v) is 5.48. The second kappa shape index (κ2) is 5.16. The van der Waals surface area contributed by atoms with Crippen LogP contribution in [0.15, 0.2) is 3.79 Å². The van der Waals surface area contributed by atoms with Gasteiger partial charge in [0.05, 0.1) is 29.2 Å². The Morgan fingerprint density at radius 2 is 2.21 bits per heavy atom. The van der Waals surface area contributed by atoms with Gasteiger partial charge in [0.1, 0.15) is 0 Å². The maximum Gasteiger partial charge on any atom is 0.340 e. The molecule has 2 heterocycles. The van der Waals surface area contributed by atoms with Gasteiger partial charge in [0.2, 0.25) is 0 Å². The van der Waals surface area contributed by atoms with Crippen molar-refractivity contribution < 1.29 is 19.0 Å². The van der Waals surface area contributed by atoms with E-state index in [1.165, 1.54) is 4.88 Å². The zero-order valence-corrected chi connectivity index (χ0v) is 13.1. The zero-order chi connectivity index (χ0) is 13.5. The second-order valence-electron chi connectivity index (χ2n) is 4.66. The van der Waals surface area contributed by atoms with Crippen LogP contribution in [0.4, 0.5) is 0 Å². The first-order chi connectivity index (χ1) is 9.15. The fourth-order valence-corrected chi connectivity index (χ4v) is 4.69. The smallest absolute Gasteiger partial charge is 0.340 e. The van der Waals surface area contributed by atoms with Gasteiger partial charge < -0.3 is 14.2 Å². The quantitative estimate of drug-likeness (QED) is 0.772. The summed E-state index contributed by atoms with van der Waals surface area (Å²) in [6.07, 6.45) is 2.38. The van der Waals surface area contributed by atoms with Crippen LogP contribution >= 0.6 is 27.3 Å². The number of ether oxygens (including phenoxy) is 3. The van der Waals surface area contributed by atoms with E-state index in [0.717, 1.165) is 22.2 Å². The van der Waals surface area contributed by atoms with Crippen molar-refractivity contribution >= 4 is 33.2 Å². The molecule has 0 N–H and O–H groups in total. The average Bonchev–Trinajstić information content (AvgIpc) is 2.94. The third-order valence-electron chi connectivity index (χ3n) is 3.52. The summed E-state index contributed by atoms with van der Waals surface area (Å²) in [5, 5.41) is 0. The molecule has 0 radical (unpaired) electrons. The lowest BCUT2D eigenvalue weighted by Gasteiger charge is -2.31. The number of hydrogen-bond acceptors (Lipinski definition) is 5. The number of esters is 1. The van der Waals surface area contributed by atoms with Crippen LogP contribution < -0.4 is 0 Å². The number of thiophene rings is 1. The van der Waals surface area contributed by atoms with Gasteiger partial charge in [0.15, 0.2) is 5.79 Å². The molecule has 0 aromatic carbocycles. The van der Waals surface area contributed by atoms with Crippen molar-refractivity contribution in [2.45, 2.75) is 32.0 Å². The van der Waals surface area contributed by atoms with Crippen LogP contribution in [0.25, 0.3) is 0 Å². The van der Waals surface area contributed by atoms with Gasteiger partial charge in [-0.2, -0.15) is 0 Å². The Bertz CT molecular complexity index is 505. The summed E-state index contributed by atoms with van der Waals surface area (Å²) in [6, 6.07) is 0. The highest BCUT2D eigenvalue weighted by molar-refractivity contribution is 9.11. The molecule has 6 heteroatoms. The lowest BCUT2D eigenvalue weighted by molar-refractivity contribution is -0.163. The molecule has 0 amide bonds. The number of halogens is 1. The molecule has 1 aromatic heterocycles. The third kappa shape index (κ3) is 2.35. The predicted molar refractivity (Wildman–Crippen MR) is 74.6 cm³/mol. The van der Waals surface area contributed by atoms with Crippen LogP contribution in [0, 0.1) is 0 Å². The standard InChI is InChI=1S/C13H15BrO4S/c1-2-16-12(15)10-8-7-13(17-5-6-18-13)4-3-9(8)19-11(10)14/h2-7H2,1H3. The van der Waals surface area contributed by atoms with E-state index < -0.39 is 5.79 Å². The minimum Gasteiger partial charge on any atom is -0.462 e. The van der Waals surface area contributed by atoms with E-state index in [9.17, 15) is 4.79 Å². The van der Waals surface area contributed by atoms with Crippen LogP contribution in [-0.2, 0) is 27.1 Å². The summed E-state index contributed by atoms with van der Waals surface area (Å²) in [4.78, 5) is 13.3. The first-order valence-corrected chi connectivity index (χ1v) is 8.01. The van der Waals surface area contributed by atoms with Gasteiger partial charge >= 0.3 is 5.97 Å². The lowest BCUT2D eigenvalue weighted by atomic mass is 9.90. The largest absolute Gasteiger partial charge is 0.462 e. The highest BCUT2D eigenvalue weighted by Gasteiger charge is 2.42. The van der Waals surface area contributed by atoms with Crippen molar-refractivity contribution in [2.24, 2.45) is 0 Å². The van der Waals surface area contributed by atoms with Gasteiger partial charge in [-0.25, -0.2) is 4.79 Å². The van der Waals surface area contributed by atoms with Gasteiger partial charge in [-0.1, -0.05) is 0 Å². The second-order valence-corrected chi connectivity index (χ2v) is 7.08. The molecule has 4 nitrogen and oxygen atoms in total.